The Bertz CT molecular complexity index is 1360. The Kier molecular flexibility index (Phi) is 6.25. The third-order valence-corrected chi connectivity index (χ3v) is 6.38. The number of benzene rings is 2. The number of nitrogens with zero attached hydrogens (tertiary/aromatic N) is 2. The van der Waals surface area contributed by atoms with Crippen LogP contribution < -0.4 is 10.0 Å². The Hall–Kier alpha value is -3.62. The van der Waals surface area contributed by atoms with Gasteiger partial charge < -0.3 is 5.32 Å². The van der Waals surface area contributed by atoms with E-state index in [9.17, 15) is 13.2 Å². The highest BCUT2D eigenvalue weighted by Gasteiger charge is 2.16. The first kappa shape index (κ1) is 21.6. The number of anilines is 1. The molecule has 0 spiro atoms. The van der Waals surface area contributed by atoms with Gasteiger partial charge in [0.1, 0.15) is 0 Å². The summed E-state index contributed by atoms with van der Waals surface area (Å²) < 4.78 is 27.0. The predicted molar refractivity (Wildman–Crippen MR) is 125 cm³/mol. The van der Waals surface area contributed by atoms with Gasteiger partial charge in [-0.2, -0.15) is 0 Å². The fourth-order valence-electron chi connectivity index (χ4n) is 3.27. The highest BCUT2D eigenvalue weighted by molar-refractivity contribution is 7.89. The van der Waals surface area contributed by atoms with Crippen LogP contribution in [-0.2, 0) is 10.0 Å². The smallest absolute Gasteiger partial charge is 0.256 e. The molecule has 2 heterocycles. The van der Waals surface area contributed by atoms with Gasteiger partial charge in [-0.1, -0.05) is 25.1 Å². The molecule has 0 aliphatic rings. The van der Waals surface area contributed by atoms with E-state index in [0.29, 0.717) is 35.4 Å². The van der Waals surface area contributed by atoms with Crippen LogP contribution in [0, 0.1) is 0 Å². The molecule has 0 bridgehead atoms. The molecule has 162 valence electrons. The van der Waals surface area contributed by atoms with Crippen LogP contribution in [-0.4, -0.2) is 30.8 Å². The summed E-state index contributed by atoms with van der Waals surface area (Å²) in [5, 5.41) is 3.58. The summed E-state index contributed by atoms with van der Waals surface area (Å²) in [7, 11) is -3.56. The number of carbonyl (C=O) groups excluding carboxylic acids is 1. The minimum absolute atomic E-state index is 0.151. The van der Waals surface area contributed by atoms with Crippen molar-refractivity contribution < 1.29 is 13.2 Å². The standard InChI is InChI=1S/C24H22N4O3S/c1-2-13-26-32(30,31)19-9-7-18(8-10-19)27-24(29)21-16-23(17-11-14-25-15-12-17)28-22-6-4-3-5-20(21)22/h3-12,14-16,26H,2,13H2,1H3,(H,27,29). The summed E-state index contributed by atoms with van der Waals surface area (Å²) in [5.74, 6) is -0.307. The van der Waals surface area contributed by atoms with Crippen molar-refractivity contribution >= 4 is 32.5 Å². The minimum Gasteiger partial charge on any atom is -0.322 e. The maximum atomic E-state index is 13.2. The van der Waals surface area contributed by atoms with Gasteiger partial charge in [-0.25, -0.2) is 18.1 Å². The molecule has 4 aromatic rings. The second-order valence-corrected chi connectivity index (χ2v) is 8.95. The lowest BCUT2D eigenvalue weighted by molar-refractivity contribution is 0.102. The van der Waals surface area contributed by atoms with Crippen molar-refractivity contribution in [1.82, 2.24) is 14.7 Å². The lowest BCUT2D eigenvalue weighted by Crippen LogP contribution is -2.24. The van der Waals surface area contributed by atoms with Gasteiger partial charge >= 0.3 is 0 Å². The first-order valence-electron chi connectivity index (χ1n) is 10.2. The second kappa shape index (κ2) is 9.25. The number of hydrogen-bond acceptors (Lipinski definition) is 5. The number of sulfonamides is 1. The van der Waals surface area contributed by atoms with Crippen LogP contribution in [0.1, 0.15) is 23.7 Å². The summed E-state index contributed by atoms with van der Waals surface area (Å²) in [6.07, 6.45) is 4.06. The molecule has 2 aromatic heterocycles. The van der Waals surface area contributed by atoms with Crippen LogP contribution in [0.4, 0.5) is 5.69 Å². The molecular weight excluding hydrogens is 424 g/mol. The first-order chi connectivity index (χ1) is 15.5. The van der Waals surface area contributed by atoms with E-state index in [1.165, 1.54) is 12.1 Å². The molecule has 0 saturated carbocycles. The average Bonchev–Trinajstić information content (AvgIpc) is 2.83. The summed E-state index contributed by atoms with van der Waals surface area (Å²) >= 11 is 0. The van der Waals surface area contributed by atoms with Crippen LogP contribution in [0.2, 0.25) is 0 Å². The summed E-state index contributed by atoms with van der Waals surface area (Å²) in [5.41, 5.74) is 3.20. The molecule has 8 heteroatoms. The van der Waals surface area contributed by atoms with Crippen molar-refractivity contribution in [3.8, 4) is 11.3 Å². The van der Waals surface area contributed by atoms with E-state index in [1.807, 2.05) is 43.3 Å². The van der Waals surface area contributed by atoms with Gasteiger partial charge in [-0.3, -0.25) is 9.78 Å². The largest absolute Gasteiger partial charge is 0.322 e. The monoisotopic (exact) mass is 446 g/mol. The maximum absolute atomic E-state index is 13.2. The third-order valence-electron chi connectivity index (χ3n) is 4.90. The lowest BCUT2D eigenvalue weighted by atomic mass is 10.0. The van der Waals surface area contributed by atoms with Gasteiger partial charge in [0.2, 0.25) is 10.0 Å². The van der Waals surface area contributed by atoms with Crippen molar-refractivity contribution in [2.24, 2.45) is 0 Å². The fourth-order valence-corrected chi connectivity index (χ4v) is 4.40. The van der Waals surface area contributed by atoms with Crippen LogP contribution in [0.15, 0.2) is 84.0 Å². The average molecular weight is 447 g/mol. The van der Waals surface area contributed by atoms with Gasteiger partial charge in [-0.05, 0) is 55.0 Å². The molecule has 0 unspecified atom stereocenters. The van der Waals surface area contributed by atoms with E-state index >= 15 is 0 Å². The Labute approximate surface area is 186 Å². The number of para-hydroxylation sites is 1. The van der Waals surface area contributed by atoms with Crippen molar-refractivity contribution in [3.05, 3.63) is 84.7 Å². The zero-order chi connectivity index (χ0) is 22.6. The Morgan fingerprint density at radius 2 is 1.69 bits per heavy atom. The van der Waals surface area contributed by atoms with E-state index in [-0.39, 0.29) is 10.8 Å². The van der Waals surface area contributed by atoms with Crippen LogP contribution in [0.5, 0.6) is 0 Å². The molecule has 0 saturated heterocycles. The topological polar surface area (TPSA) is 101 Å². The van der Waals surface area contributed by atoms with Crippen LogP contribution in [0.3, 0.4) is 0 Å². The number of pyridine rings is 2. The van der Waals surface area contributed by atoms with Gasteiger partial charge in [0.25, 0.3) is 5.91 Å². The summed E-state index contributed by atoms with van der Waals surface area (Å²) in [6, 6.07) is 19.0. The number of fused-ring (bicyclic) bond motifs is 1. The SMILES string of the molecule is CCCNS(=O)(=O)c1ccc(NC(=O)c2cc(-c3ccncc3)nc3ccccc23)cc1. The van der Waals surface area contributed by atoms with Crippen molar-refractivity contribution in [1.29, 1.82) is 0 Å². The van der Waals surface area contributed by atoms with E-state index in [0.717, 1.165) is 10.9 Å². The second-order valence-electron chi connectivity index (χ2n) is 7.18. The highest BCUT2D eigenvalue weighted by atomic mass is 32.2. The third kappa shape index (κ3) is 4.66. The number of carbonyl (C=O) groups is 1. The molecule has 0 fully saturated rings. The number of nitrogens with one attached hydrogen (secondary N) is 2. The number of rotatable bonds is 7. The highest BCUT2D eigenvalue weighted by Crippen LogP contribution is 2.25. The number of amides is 1. The van der Waals surface area contributed by atoms with E-state index in [2.05, 4.69) is 20.0 Å². The van der Waals surface area contributed by atoms with Crippen molar-refractivity contribution in [2.45, 2.75) is 18.2 Å². The molecule has 2 aromatic carbocycles. The Morgan fingerprint density at radius 1 is 0.969 bits per heavy atom. The Morgan fingerprint density at radius 3 is 2.41 bits per heavy atom. The Balaban J connectivity index is 1.64. The predicted octanol–water partition coefficient (Wildman–Crippen LogP) is 4.24. The molecule has 4 rings (SSSR count). The molecule has 0 aliphatic carbocycles. The van der Waals surface area contributed by atoms with Gasteiger partial charge in [0.15, 0.2) is 0 Å². The van der Waals surface area contributed by atoms with E-state index in [4.69, 9.17) is 0 Å². The maximum Gasteiger partial charge on any atom is 0.256 e. The molecule has 2 N–H and O–H groups in total. The normalized spacial score (nSPS) is 11.4. The lowest BCUT2D eigenvalue weighted by Gasteiger charge is -2.11. The minimum atomic E-state index is -3.56. The molecule has 1 amide bonds. The number of aromatic nitrogens is 2. The zero-order valence-electron chi connectivity index (χ0n) is 17.4. The van der Waals surface area contributed by atoms with Crippen molar-refractivity contribution in [3.63, 3.8) is 0 Å². The van der Waals surface area contributed by atoms with Gasteiger partial charge in [-0.15, -0.1) is 0 Å². The van der Waals surface area contributed by atoms with Gasteiger partial charge in [0.05, 0.1) is 21.7 Å². The molecular formula is C24H22N4O3S. The van der Waals surface area contributed by atoms with E-state index < -0.39 is 10.0 Å². The summed E-state index contributed by atoms with van der Waals surface area (Å²) in [6.45, 7) is 2.26. The zero-order valence-corrected chi connectivity index (χ0v) is 18.3. The first-order valence-corrected chi connectivity index (χ1v) is 11.7. The van der Waals surface area contributed by atoms with Crippen LogP contribution in [0.25, 0.3) is 22.2 Å². The van der Waals surface area contributed by atoms with Crippen LogP contribution >= 0.6 is 0 Å². The molecule has 32 heavy (non-hydrogen) atoms. The molecule has 0 radical (unpaired) electrons. The van der Waals surface area contributed by atoms with Crippen molar-refractivity contribution in [2.75, 3.05) is 11.9 Å². The molecule has 7 nitrogen and oxygen atoms in total. The number of hydrogen-bond donors (Lipinski definition) is 2. The summed E-state index contributed by atoms with van der Waals surface area (Å²) in [4.78, 5) is 22.0. The quantitative estimate of drug-likeness (QED) is 0.442. The molecule has 0 atom stereocenters. The fraction of sp³-hybridized carbons (Fsp3) is 0.125. The van der Waals surface area contributed by atoms with E-state index in [1.54, 1.807) is 30.6 Å². The molecule has 0 aliphatic heterocycles. The van der Waals surface area contributed by atoms with Gasteiger partial charge in [0, 0.05) is 35.6 Å².